The zero-order valence-corrected chi connectivity index (χ0v) is 11.0. The first-order valence-corrected chi connectivity index (χ1v) is 5.88. The molecule has 0 bridgehead atoms. The summed E-state index contributed by atoms with van der Waals surface area (Å²) < 4.78 is 0. The number of amides is 1. The Morgan fingerprint density at radius 1 is 1.22 bits per heavy atom. The van der Waals surface area contributed by atoms with Crippen LogP contribution in [0.15, 0.2) is 30.5 Å². The first-order valence-electron chi connectivity index (χ1n) is 5.12. The molecule has 6 heteroatoms. The van der Waals surface area contributed by atoms with Crippen LogP contribution in [0.4, 0.5) is 5.69 Å². The molecule has 0 spiro atoms. The molecule has 0 saturated heterocycles. The molecule has 92 valence electrons. The molecular weight excluding hydrogens is 273 g/mol. The van der Waals surface area contributed by atoms with Gasteiger partial charge in [-0.2, -0.15) is 0 Å². The molecule has 2 aromatic rings. The van der Waals surface area contributed by atoms with E-state index in [-0.39, 0.29) is 11.2 Å². The number of rotatable bonds is 2. The molecule has 1 heterocycles. The third kappa shape index (κ3) is 2.97. The molecule has 1 N–H and O–H groups in total. The summed E-state index contributed by atoms with van der Waals surface area (Å²) in [6.45, 7) is 1.46. The largest absolute Gasteiger partial charge is 0.326 e. The summed E-state index contributed by atoms with van der Waals surface area (Å²) in [5, 5.41) is 3.09. The lowest BCUT2D eigenvalue weighted by Crippen LogP contribution is -2.05. The Morgan fingerprint density at radius 3 is 2.44 bits per heavy atom. The van der Waals surface area contributed by atoms with Crippen molar-refractivity contribution in [2.75, 3.05) is 5.32 Å². The van der Waals surface area contributed by atoms with Gasteiger partial charge < -0.3 is 5.32 Å². The van der Waals surface area contributed by atoms with E-state index in [2.05, 4.69) is 15.3 Å². The number of anilines is 1. The van der Waals surface area contributed by atoms with Gasteiger partial charge in [0, 0.05) is 24.4 Å². The van der Waals surface area contributed by atoms with E-state index in [0.717, 1.165) is 11.3 Å². The van der Waals surface area contributed by atoms with Gasteiger partial charge in [-0.3, -0.25) is 4.79 Å². The zero-order chi connectivity index (χ0) is 13.1. The molecule has 1 aromatic carbocycles. The standard InChI is InChI=1S/C12H9Cl2N3O/c1-7(18)16-9-4-2-8(3-5-9)10-6-15-12(14)17-11(10)13/h2-6H,1H3,(H,16,18). The monoisotopic (exact) mass is 281 g/mol. The van der Waals surface area contributed by atoms with Gasteiger partial charge in [-0.25, -0.2) is 9.97 Å². The van der Waals surface area contributed by atoms with Crippen LogP contribution in [0, 0.1) is 0 Å². The number of hydrogen-bond donors (Lipinski definition) is 1. The van der Waals surface area contributed by atoms with Crippen LogP contribution in [-0.4, -0.2) is 15.9 Å². The molecular formula is C12H9Cl2N3O. The molecule has 0 aliphatic carbocycles. The third-order valence-electron chi connectivity index (χ3n) is 2.23. The van der Waals surface area contributed by atoms with Crippen LogP contribution < -0.4 is 5.32 Å². The molecule has 0 aliphatic heterocycles. The molecule has 1 amide bonds. The maximum Gasteiger partial charge on any atom is 0.223 e. The van der Waals surface area contributed by atoms with E-state index in [4.69, 9.17) is 23.2 Å². The van der Waals surface area contributed by atoms with Crippen LogP contribution in [0.25, 0.3) is 11.1 Å². The van der Waals surface area contributed by atoms with Crippen molar-refractivity contribution in [2.45, 2.75) is 6.92 Å². The first kappa shape index (κ1) is 12.8. The number of aromatic nitrogens is 2. The molecule has 0 fully saturated rings. The van der Waals surface area contributed by atoms with Crippen molar-refractivity contribution in [3.8, 4) is 11.1 Å². The van der Waals surface area contributed by atoms with E-state index in [1.54, 1.807) is 18.3 Å². The number of nitrogens with zero attached hydrogens (tertiary/aromatic N) is 2. The topological polar surface area (TPSA) is 54.9 Å². The van der Waals surface area contributed by atoms with Crippen LogP contribution in [0.1, 0.15) is 6.92 Å². The number of benzene rings is 1. The number of halogens is 2. The van der Waals surface area contributed by atoms with Crippen LogP contribution in [0.5, 0.6) is 0 Å². The Kier molecular flexibility index (Phi) is 3.79. The fraction of sp³-hybridized carbons (Fsp3) is 0.0833. The quantitative estimate of drug-likeness (QED) is 0.678. The lowest BCUT2D eigenvalue weighted by atomic mass is 10.1. The number of carbonyl (C=O) groups excluding carboxylic acids is 1. The third-order valence-corrected chi connectivity index (χ3v) is 2.70. The lowest BCUT2D eigenvalue weighted by Gasteiger charge is -2.05. The van der Waals surface area contributed by atoms with Crippen LogP contribution in [-0.2, 0) is 4.79 Å². The van der Waals surface area contributed by atoms with Crippen molar-refractivity contribution in [1.29, 1.82) is 0 Å². The Morgan fingerprint density at radius 2 is 1.89 bits per heavy atom. The highest BCUT2D eigenvalue weighted by Crippen LogP contribution is 2.27. The summed E-state index contributed by atoms with van der Waals surface area (Å²) in [6, 6.07) is 7.21. The van der Waals surface area contributed by atoms with Gasteiger partial charge in [0.15, 0.2) is 0 Å². The lowest BCUT2D eigenvalue weighted by molar-refractivity contribution is -0.114. The van der Waals surface area contributed by atoms with E-state index in [1.165, 1.54) is 6.92 Å². The van der Waals surface area contributed by atoms with Crippen molar-refractivity contribution in [2.24, 2.45) is 0 Å². The minimum Gasteiger partial charge on any atom is -0.326 e. The van der Waals surface area contributed by atoms with Gasteiger partial charge in [0.1, 0.15) is 5.15 Å². The highest BCUT2D eigenvalue weighted by atomic mass is 35.5. The predicted octanol–water partition coefficient (Wildman–Crippen LogP) is 3.41. The smallest absolute Gasteiger partial charge is 0.223 e. The van der Waals surface area contributed by atoms with E-state index >= 15 is 0 Å². The normalized spacial score (nSPS) is 10.2. The molecule has 0 atom stereocenters. The minimum atomic E-state index is -0.115. The fourth-order valence-corrected chi connectivity index (χ4v) is 1.89. The molecule has 1 aromatic heterocycles. The molecule has 0 unspecified atom stereocenters. The second-order valence-corrected chi connectivity index (χ2v) is 4.30. The van der Waals surface area contributed by atoms with Crippen LogP contribution in [0.3, 0.4) is 0 Å². The molecule has 4 nitrogen and oxygen atoms in total. The summed E-state index contributed by atoms with van der Waals surface area (Å²) in [5.41, 5.74) is 2.26. The molecule has 0 saturated carbocycles. The summed E-state index contributed by atoms with van der Waals surface area (Å²) >= 11 is 11.6. The fourth-order valence-electron chi connectivity index (χ4n) is 1.47. The number of hydrogen-bond acceptors (Lipinski definition) is 3. The molecule has 2 rings (SSSR count). The Hall–Kier alpha value is -1.65. The summed E-state index contributed by atoms with van der Waals surface area (Å²) in [7, 11) is 0. The van der Waals surface area contributed by atoms with Gasteiger partial charge >= 0.3 is 0 Å². The SMILES string of the molecule is CC(=O)Nc1ccc(-c2cnc(Cl)nc2Cl)cc1. The highest BCUT2D eigenvalue weighted by Gasteiger charge is 2.06. The maximum atomic E-state index is 10.9. The van der Waals surface area contributed by atoms with Crippen molar-refractivity contribution in [3.63, 3.8) is 0 Å². The Bertz CT molecular complexity index is 584. The van der Waals surface area contributed by atoms with Crippen molar-refractivity contribution in [3.05, 3.63) is 40.9 Å². The van der Waals surface area contributed by atoms with Crippen molar-refractivity contribution in [1.82, 2.24) is 9.97 Å². The maximum absolute atomic E-state index is 10.9. The Labute approximate surface area is 114 Å². The molecule has 0 aliphatic rings. The van der Waals surface area contributed by atoms with E-state index in [9.17, 15) is 4.79 Å². The molecule has 18 heavy (non-hydrogen) atoms. The summed E-state index contributed by atoms with van der Waals surface area (Å²) in [6.07, 6.45) is 1.56. The molecule has 0 radical (unpaired) electrons. The van der Waals surface area contributed by atoms with E-state index < -0.39 is 0 Å². The van der Waals surface area contributed by atoms with Gasteiger partial charge in [-0.05, 0) is 29.3 Å². The zero-order valence-electron chi connectivity index (χ0n) is 9.45. The van der Waals surface area contributed by atoms with Gasteiger partial charge in [0.05, 0.1) is 0 Å². The van der Waals surface area contributed by atoms with Crippen molar-refractivity contribution < 1.29 is 4.79 Å². The van der Waals surface area contributed by atoms with Crippen LogP contribution >= 0.6 is 23.2 Å². The summed E-state index contributed by atoms with van der Waals surface area (Å²) in [4.78, 5) is 18.7. The number of carbonyl (C=O) groups is 1. The second-order valence-electron chi connectivity index (χ2n) is 3.60. The van der Waals surface area contributed by atoms with Gasteiger partial charge in [-0.15, -0.1) is 0 Å². The predicted molar refractivity (Wildman–Crippen MR) is 71.8 cm³/mol. The Balaban J connectivity index is 2.31. The van der Waals surface area contributed by atoms with Gasteiger partial charge in [0.2, 0.25) is 11.2 Å². The van der Waals surface area contributed by atoms with Gasteiger partial charge in [-0.1, -0.05) is 23.7 Å². The second kappa shape index (κ2) is 5.33. The van der Waals surface area contributed by atoms with E-state index in [1.807, 2.05) is 12.1 Å². The first-order chi connectivity index (χ1) is 8.56. The van der Waals surface area contributed by atoms with Crippen molar-refractivity contribution >= 4 is 34.8 Å². The highest BCUT2D eigenvalue weighted by molar-refractivity contribution is 6.33. The summed E-state index contributed by atoms with van der Waals surface area (Å²) in [5.74, 6) is -0.115. The number of nitrogens with one attached hydrogen (secondary N) is 1. The minimum absolute atomic E-state index is 0.110. The van der Waals surface area contributed by atoms with Gasteiger partial charge in [0.25, 0.3) is 0 Å². The average Bonchev–Trinajstić information content (AvgIpc) is 2.30. The average molecular weight is 282 g/mol. The van der Waals surface area contributed by atoms with E-state index in [0.29, 0.717) is 10.7 Å². The van der Waals surface area contributed by atoms with Crippen LogP contribution in [0.2, 0.25) is 10.4 Å².